The fraction of sp³-hybridized carbons (Fsp3) is 0.190. The van der Waals surface area contributed by atoms with Crippen LogP contribution in [0.1, 0.15) is 16.7 Å². The maximum Gasteiger partial charge on any atom is 0.417 e. The van der Waals surface area contributed by atoms with Crippen LogP contribution in [0.2, 0.25) is 0 Å². The van der Waals surface area contributed by atoms with Gasteiger partial charge in [-0.2, -0.15) is 13.2 Å². The molecule has 176 valence electrons. The summed E-state index contributed by atoms with van der Waals surface area (Å²) < 4.78 is 50.8. The van der Waals surface area contributed by atoms with Crippen molar-refractivity contribution in [2.75, 3.05) is 7.11 Å². The topological polar surface area (TPSA) is 108 Å². The molecule has 33 heavy (non-hydrogen) atoms. The molecule has 2 aromatic rings. The molecule has 0 aromatic heterocycles. The van der Waals surface area contributed by atoms with E-state index in [1.807, 2.05) is 5.32 Å². The minimum absolute atomic E-state index is 0. The van der Waals surface area contributed by atoms with Crippen LogP contribution in [0.25, 0.3) is 6.08 Å². The summed E-state index contributed by atoms with van der Waals surface area (Å²) in [5.41, 5.74) is 5.13. The number of rotatable bonds is 6. The van der Waals surface area contributed by atoms with Crippen LogP contribution in [0.15, 0.2) is 47.4 Å². The molecule has 0 saturated carbocycles. The molecular weight excluding hydrogens is 485 g/mol. The highest BCUT2D eigenvalue weighted by molar-refractivity contribution is 8.18. The average molecular weight is 503 g/mol. The molecule has 2 aromatic carbocycles. The molecule has 1 atom stereocenters. The Labute approximate surface area is 196 Å². The van der Waals surface area contributed by atoms with Crippen molar-refractivity contribution in [3.63, 3.8) is 0 Å². The predicted molar refractivity (Wildman–Crippen MR) is 118 cm³/mol. The molecule has 1 aliphatic heterocycles. The monoisotopic (exact) mass is 502 g/mol. The number of amides is 2. The van der Waals surface area contributed by atoms with Gasteiger partial charge in [-0.1, -0.05) is 18.2 Å². The molecule has 0 radical (unpaired) electrons. The van der Waals surface area contributed by atoms with Crippen molar-refractivity contribution < 1.29 is 37.0 Å². The lowest BCUT2D eigenvalue weighted by molar-refractivity contribution is -0.142. The Balaban J connectivity index is 0.00000385. The molecule has 1 heterocycles. The largest absolute Gasteiger partial charge is 0.468 e. The summed E-state index contributed by atoms with van der Waals surface area (Å²) in [5, 5.41) is 1.34. The maximum absolute atomic E-state index is 13.6. The zero-order valence-electron chi connectivity index (χ0n) is 17.0. The molecule has 7 nitrogen and oxygen atoms in total. The Bertz CT molecular complexity index is 1090. The second-order valence-corrected chi connectivity index (χ2v) is 7.69. The van der Waals surface area contributed by atoms with Gasteiger partial charge in [0.1, 0.15) is 17.5 Å². The van der Waals surface area contributed by atoms with Gasteiger partial charge in [0.15, 0.2) is 0 Å². The first-order valence-corrected chi connectivity index (χ1v) is 9.95. The number of imide groups is 1. The third kappa shape index (κ3) is 6.73. The van der Waals surface area contributed by atoms with E-state index in [9.17, 15) is 27.6 Å². The SMILES string of the molecule is COC(=O)[C@@H](N)Cc1ccc(Oc2ccc(/C=C3/SC(=O)NC3=O)c(C(F)(F)F)c2)cc1.Cl. The highest BCUT2D eigenvalue weighted by atomic mass is 35.5. The predicted octanol–water partition coefficient (Wildman–Crippen LogP) is 4.29. The van der Waals surface area contributed by atoms with Crippen LogP contribution in [0.4, 0.5) is 18.0 Å². The molecule has 1 aliphatic rings. The van der Waals surface area contributed by atoms with Crippen LogP contribution in [0, 0.1) is 0 Å². The van der Waals surface area contributed by atoms with Crippen LogP contribution in [0.3, 0.4) is 0 Å². The van der Waals surface area contributed by atoms with Crippen LogP contribution in [-0.2, 0) is 26.9 Å². The number of alkyl halides is 3. The molecular formula is C21H18ClF3N2O5S. The number of halogens is 4. The minimum Gasteiger partial charge on any atom is -0.468 e. The third-order valence-electron chi connectivity index (χ3n) is 4.38. The summed E-state index contributed by atoms with van der Waals surface area (Å²) in [6, 6.07) is 8.79. The number of esters is 1. The number of benzene rings is 2. The number of hydrogen-bond acceptors (Lipinski definition) is 7. The van der Waals surface area contributed by atoms with Crippen molar-refractivity contribution in [2.24, 2.45) is 5.73 Å². The third-order valence-corrected chi connectivity index (χ3v) is 5.19. The molecule has 1 fully saturated rings. The zero-order valence-corrected chi connectivity index (χ0v) is 18.6. The second kappa shape index (κ2) is 10.7. The van der Waals surface area contributed by atoms with Crippen molar-refractivity contribution in [3.8, 4) is 11.5 Å². The van der Waals surface area contributed by atoms with E-state index in [0.717, 1.165) is 23.8 Å². The van der Waals surface area contributed by atoms with Gasteiger partial charge < -0.3 is 15.2 Å². The van der Waals surface area contributed by atoms with Gasteiger partial charge in [0, 0.05) is 0 Å². The van der Waals surface area contributed by atoms with E-state index in [1.165, 1.54) is 25.3 Å². The van der Waals surface area contributed by atoms with E-state index < -0.39 is 34.9 Å². The first kappa shape index (κ1) is 26.2. The van der Waals surface area contributed by atoms with Gasteiger partial charge in [0.25, 0.3) is 11.1 Å². The van der Waals surface area contributed by atoms with Crippen molar-refractivity contribution in [1.29, 1.82) is 0 Å². The molecule has 12 heteroatoms. The Morgan fingerprint density at radius 1 is 1.15 bits per heavy atom. The molecule has 2 amide bonds. The van der Waals surface area contributed by atoms with E-state index in [1.54, 1.807) is 12.1 Å². The molecule has 0 aliphatic carbocycles. The number of carbonyl (C=O) groups is 3. The number of nitrogens with two attached hydrogens (primary N) is 1. The average Bonchev–Trinajstić information content (AvgIpc) is 3.05. The Kier molecular flexibility index (Phi) is 8.53. The lowest BCUT2D eigenvalue weighted by Gasteiger charge is -2.14. The number of nitrogens with one attached hydrogen (secondary N) is 1. The van der Waals surface area contributed by atoms with Crippen LogP contribution in [-0.4, -0.2) is 30.3 Å². The summed E-state index contributed by atoms with van der Waals surface area (Å²) in [4.78, 5) is 34.2. The van der Waals surface area contributed by atoms with Gasteiger partial charge in [-0.05, 0) is 59.7 Å². The van der Waals surface area contributed by atoms with E-state index in [2.05, 4.69) is 4.74 Å². The summed E-state index contributed by atoms with van der Waals surface area (Å²) in [6.45, 7) is 0. The fourth-order valence-corrected chi connectivity index (χ4v) is 3.52. The maximum atomic E-state index is 13.6. The van der Waals surface area contributed by atoms with Crippen molar-refractivity contribution in [1.82, 2.24) is 5.32 Å². The van der Waals surface area contributed by atoms with Gasteiger partial charge in [-0.3, -0.25) is 19.7 Å². The second-order valence-electron chi connectivity index (χ2n) is 6.68. The molecule has 0 spiro atoms. The number of carbonyl (C=O) groups excluding carboxylic acids is 3. The summed E-state index contributed by atoms with van der Waals surface area (Å²) in [6.07, 6.45) is -3.48. The molecule has 1 saturated heterocycles. The van der Waals surface area contributed by atoms with Crippen LogP contribution in [0.5, 0.6) is 11.5 Å². The van der Waals surface area contributed by atoms with Crippen LogP contribution >= 0.6 is 24.2 Å². The normalized spacial score (nSPS) is 15.6. The number of hydrogen-bond donors (Lipinski definition) is 2. The Morgan fingerprint density at radius 3 is 2.33 bits per heavy atom. The summed E-state index contributed by atoms with van der Waals surface area (Å²) in [7, 11) is 1.23. The molecule has 0 bridgehead atoms. The first-order valence-electron chi connectivity index (χ1n) is 9.13. The number of thioether (sulfide) groups is 1. The van der Waals surface area contributed by atoms with Gasteiger partial charge in [0.2, 0.25) is 0 Å². The molecule has 3 N–H and O–H groups in total. The molecule has 0 unspecified atom stereocenters. The number of ether oxygens (including phenoxy) is 2. The van der Waals surface area contributed by atoms with Crippen molar-refractivity contribution >= 4 is 47.4 Å². The summed E-state index contributed by atoms with van der Waals surface area (Å²) >= 11 is 0.528. The van der Waals surface area contributed by atoms with Crippen molar-refractivity contribution in [3.05, 3.63) is 64.1 Å². The van der Waals surface area contributed by atoms with Crippen molar-refractivity contribution in [2.45, 2.75) is 18.6 Å². The fourth-order valence-electron chi connectivity index (χ4n) is 2.85. The smallest absolute Gasteiger partial charge is 0.417 e. The van der Waals surface area contributed by atoms with Gasteiger partial charge in [0.05, 0.1) is 17.6 Å². The van der Waals surface area contributed by atoms with E-state index in [0.29, 0.717) is 11.8 Å². The zero-order chi connectivity index (χ0) is 23.5. The van der Waals surface area contributed by atoms with E-state index in [4.69, 9.17) is 10.5 Å². The lowest BCUT2D eigenvalue weighted by Crippen LogP contribution is -2.33. The highest BCUT2D eigenvalue weighted by Gasteiger charge is 2.34. The van der Waals surface area contributed by atoms with Crippen LogP contribution < -0.4 is 15.8 Å². The van der Waals surface area contributed by atoms with E-state index >= 15 is 0 Å². The number of methoxy groups -OCH3 is 1. The van der Waals surface area contributed by atoms with Gasteiger partial charge in [-0.25, -0.2) is 0 Å². The first-order chi connectivity index (χ1) is 15.1. The molecule has 3 rings (SSSR count). The lowest BCUT2D eigenvalue weighted by atomic mass is 10.1. The standard InChI is InChI=1S/C21H17F3N2O5S.ClH/c1-30-19(28)16(25)8-11-2-5-13(6-3-11)31-14-7-4-12(15(10-14)21(22,23)24)9-17-18(27)26-20(29)32-17;/h2-7,9-10,16H,8,25H2,1H3,(H,26,27,29);1H/b17-9+;/t16-;/m0./s1. The Morgan fingerprint density at radius 2 is 1.79 bits per heavy atom. The quantitative estimate of drug-likeness (QED) is 0.448. The highest BCUT2D eigenvalue weighted by Crippen LogP contribution is 2.38. The summed E-state index contributed by atoms with van der Waals surface area (Å²) in [5.74, 6) is -1.10. The minimum atomic E-state index is -4.72. The van der Waals surface area contributed by atoms with Gasteiger partial charge in [-0.15, -0.1) is 12.4 Å². The van der Waals surface area contributed by atoms with E-state index in [-0.39, 0.29) is 40.8 Å². The Hall–Kier alpha value is -3.02. The van der Waals surface area contributed by atoms with Gasteiger partial charge >= 0.3 is 12.1 Å².